The molecule has 1 fully saturated rings. The van der Waals surface area contributed by atoms with Gasteiger partial charge in [-0.05, 0) is 13.3 Å². The van der Waals surface area contributed by atoms with Crippen molar-refractivity contribution in [2.45, 2.75) is 56.2 Å². The number of hydrogen-bond donors (Lipinski definition) is 0. The van der Waals surface area contributed by atoms with Crippen molar-refractivity contribution in [3.63, 3.8) is 0 Å². The van der Waals surface area contributed by atoms with E-state index >= 15 is 0 Å². The van der Waals surface area contributed by atoms with E-state index in [0.29, 0.717) is 0 Å². The molecule has 10 heteroatoms. The van der Waals surface area contributed by atoms with Crippen LogP contribution in [0.4, 0.5) is 30.7 Å². The Hall–Kier alpha value is -0.610. The minimum Gasteiger partial charge on any atom is -0.382 e. The van der Waals surface area contributed by atoms with E-state index in [1.807, 2.05) is 0 Å². The molecule has 3 atom stereocenters. The van der Waals surface area contributed by atoms with Gasteiger partial charge in [-0.15, -0.1) is 0 Å². The standard InChI is InChI=1S/C14H21F7O3/c1-4-12(19)7-13(10(15)16,24-8-23-6-5-22-3)14(20,21)9(12)11(2,17)18/h9-10H,4-8H2,1-3H3. The molecule has 0 saturated heterocycles. The molecule has 0 radical (unpaired) electrons. The molecule has 3 nitrogen and oxygen atoms in total. The zero-order chi connectivity index (χ0) is 18.8. The van der Waals surface area contributed by atoms with Gasteiger partial charge in [-0.1, -0.05) is 6.92 Å². The highest BCUT2D eigenvalue weighted by molar-refractivity contribution is 5.19. The van der Waals surface area contributed by atoms with Crippen LogP contribution in [0, 0.1) is 5.92 Å². The van der Waals surface area contributed by atoms with Crippen LogP contribution in [0.1, 0.15) is 26.7 Å². The number of hydrogen-bond acceptors (Lipinski definition) is 3. The molecule has 3 unspecified atom stereocenters. The van der Waals surface area contributed by atoms with E-state index in [1.54, 1.807) is 0 Å². The summed E-state index contributed by atoms with van der Waals surface area (Å²) in [6.07, 6.45) is -6.21. The number of methoxy groups -OCH3 is 1. The molecule has 0 bridgehead atoms. The van der Waals surface area contributed by atoms with Crippen LogP contribution in [-0.4, -0.2) is 56.7 Å². The van der Waals surface area contributed by atoms with E-state index in [2.05, 4.69) is 9.47 Å². The van der Waals surface area contributed by atoms with Crippen molar-refractivity contribution in [3.05, 3.63) is 0 Å². The first-order valence-corrected chi connectivity index (χ1v) is 7.32. The third-order valence-corrected chi connectivity index (χ3v) is 4.28. The van der Waals surface area contributed by atoms with Gasteiger partial charge in [0, 0.05) is 13.5 Å². The Kier molecular flexibility index (Phi) is 6.54. The predicted octanol–water partition coefficient (Wildman–Crippen LogP) is 4.06. The lowest BCUT2D eigenvalue weighted by Crippen LogP contribution is -2.57. The van der Waals surface area contributed by atoms with Gasteiger partial charge in [0.2, 0.25) is 0 Å². The highest BCUT2D eigenvalue weighted by Gasteiger charge is 2.81. The van der Waals surface area contributed by atoms with Crippen LogP contribution in [0.25, 0.3) is 0 Å². The third kappa shape index (κ3) is 3.65. The number of alkyl halides is 7. The van der Waals surface area contributed by atoms with E-state index in [0.717, 1.165) is 6.92 Å². The Bertz CT molecular complexity index is 416. The van der Waals surface area contributed by atoms with Crippen molar-refractivity contribution < 1.29 is 44.9 Å². The largest absolute Gasteiger partial charge is 0.382 e. The van der Waals surface area contributed by atoms with Crippen LogP contribution in [0.5, 0.6) is 0 Å². The van der Waals surface area contributed by atoms with Crippen LogP contribution in [0.3, 0.4) is 0 Å². The average Bonchev–Trinajstić information content (AvgIpc) is 2.62. The average molecular weight is 370 g/mol. The van der Waals surface area contributed by atoms with E-state index in [1.165, 1.54) is 7.11 Å². The smallest absolute Gasteiger partial charge is 0.293 e. The lowest BCUT2D eigenvalue weighted by Gasteiger charge is -2.37. The van der Waals surface area contributed by atoms with Crippen molar-refractivity contribution in [2.24, 2.45) is 5.92 Å². The lowest BCUT2D eigenvalue weighted by atomic mass is 9.84. The molecule has 0 aromatic heterocycles. The van der Waals surface area contributed by atoms with Gasteiger partial charge in [0.15, 0.2) is 5.60 Å². The molecular weight excluding hydrogens is 349 g/mol. The zero-order valence-electron chi connectivity index (χ0n) is 13.6. The molecule has 0 amide bonds. The molecule has 0 N–H and O–H groups in total. The van der Waals surface area contributed by atoms with Gasteiger partial charge >= 0.3 is 0 Å². The molecule has 0 aliphatic heterocycles. The van der Waals surface area contributed by atoms with Gasteiger partial charge in [0.1, 0.15) is 18.4 Å². The first-order valence-electron chi connectivity index (χ1n) is 7.32. The summed E-state index contributed by atoms with van der Waals surface area (Å²) in [5.41, 5.74) is -6.89. The van der Waals surface area contributed by atoms with Crippen molar-refractivity contribution in [2.75, 3.05) is 27.1 Å². The van der Waals surface area contributed by atoms with Crippen molar-refractivity contribution in [3.8, 4) is 0 Å². The van der Waals surface area contributed by atoms with Crippen molar-refractivity contribution >= 4 is 0 Å². The molecule has 1 aliphatic rings. The first-order chi connectivity index (χ1) is 10.9. The molecule has 0 spiro atoms. The Morgan fingerprint density at radius 3 is 2.12 bits per heavy atom. The molecule has 144 valence electrons. The minimum atomic E-state index is -4.80. The summed E-state index contributed by atoms with van der Waals surface area (Å²) in [5, 5.41) is 0. The van der Waals surface area contributed by atoms with Crippen molar-refractivity contribution in [1.82, 2.24) is 0 Å². The monoisotopic (exact) mass is 370 g/mol. The molecule has 0 heterocycles. The fourth-order valence-electron chi connectivity index (χ4n) is 3.11. The fraction of sp³-hybridized carbons (Fsp3) is 1.00. The van der Waals surface area contributed by atoms with Gasteiger partial charge in [-0.25, -0.2) is 30.7 Å². The molecule has 1 rings (SSSR count). The van der Waals surface area contributed by atoms with Gasteiger partial charge in [-0.3, -0.25) is 0 Å². The van der Waals surface area contributed by atoms with E-state index in [-0.39, 0.29) is 20.1 Å². The highest BCUT2D eigenvalue weighted by atomic mass is 19.3. The van der Waals surface area contributed by atoms with Crippen LogP contribution < -0.4 is 0 Å². The predicted molar refractivity (Wildman–Crippen MR) is 70.3 cm³/mol. The van der Waals surface area contributed by atoms with Crippen LogP contribution in [-0.2, 0) is 14.2 Å². The zero-order valence-corrected chi connectivity index (χ0v) is 13.6. The molecule has 24 heavy (non-hydrogen) atoms. The summed E-state index contributed by atoms with van der Waals surface area (Å²) in [6, 6.07) is 0. The maximum absolute atomic E-state index is 14.7. The van der Waals surface area contributed by atoms with Crippen LogP contribution >= 0.6 is 0 Å². The first kappa shape index (κ1) is 21.4. The van der Waals surface area contributed by atoms with Gasteiger partial charge < -0.3 is 14.2 Å². The Labute approximate surface area is 135 Å². The summed E-state index contributed by atoms with van der Waals surface area (Å²) in [5.74, 6) is -12.2. The normalized spacial score (nSPS) is 33.4. The van der Waals surface area contributed by atoms with E-state index in [9.17, 15) is 30.7 Å². The van der Waals surface area contributed by atoms with Gasteiger partial charge in [0.05, 0.1) is 13.2 Å². The Morgan fingerprint density at radius 1 is 1.17 bits per heavy atom. The second-order valence-corrected chi connectivity index (χ2v) is 5.93. The summed E-state index contributed by atoms with van der Waals surface area (Å²) < 4.78 is 112. The maximum atomic E-state index is 14.7. The SMILES string of the molecule is CCC1(F)CC(OCOCCOC)(C(F)F)C(F)(F)C1C(C)(F)F. The molecule has 1 aliphatic carbocycles. The second-order valence-electron chi connectivity index (χ2n) is 5.93. The maximum Gasteiger partial charge on any atom is 0.293 e. The summed E-state index contributed by atoms with van der Waals surface area (Å²) in [6.45, 7) is 0.00511. The van der Waals surface area contributed by atoms with Gasteiger partial charge in [-0.2, -0.15) is 0 Å². The van der Waals surface area contributed by atoms with Gasteiger partial charge in [0.25, 0.3) is 18.3 Å². The Balaban J connectivity index is 3.15. The third-order valence-electron chi connectivity index (χ3n) is 4.28. The molecule has 0 aromatic carbocycles. The second kappa shape index (κ2) is 7.33. The molecule has 0 aromatic rings. The summed E-state index contributed by atoms with van der Waals surface area (Å²) >= 11 is 0. The topological polar surface area (TPSA) is 27.7 Å². The van der Waals surface area contributed by atoms with Crippen LogP contribution in [0.2, 0.25) is 0 Å². The summed E-state index contributed by atoms with van der Waals surface area (Å²) in [4.78, 5) is 0. The highest BCUT2D eigenvalue weighted by Crippen LogP contribution is 2.63. The fourth-order valence-corrected chi connectivity index (χ4v) is 3.11. The van der Waals surface area contributed by atoms with Crippen molar-refractivity contribution in [1.29, 1.82) is 0 Å². The van der Waals surface area contributed by atoms with E-state index in [4.69, 9.17) is 4.74 Å². The lowest BCUT2D eigenvalue weighted by molar-refractivity contribution is -0.297. The molecule has 1 saturated carbocycles. The van der Waals surface area contributed by atoms with Crippen LogP contribution in [0.15, 0.2) is 0 Å². The number of ether oxygens (including phenoxy) is 3. The minimum absolute atomic E-state index is 0.0408. The van der Waals surface area contributed by atoms with E-state index < -0.39 is 55.1 Å². The number of rotatable bonds is 9. The quantitative estimate of drug-likeness (QED) is 0.348. The number of halogens is 7. The summed E-state index contributed by atoms with van der Waals surface area (Å²) in [7, 11) is 1.32. The molecular formula is C14H21F7O3. The Morgan fingerprint density at radius 2 is 1.75 bits per heavy atom.